The van der Waals surface area contributed by atoms with Crippen LogP contribution in [0, 0.1) is 35.5 Å². The summed E-state index contributed by atoms with van der Waals surface area (Å²) >= 11 is 0. The van der Waals surface area contributed by atoms with Crippen LogP contribution in [0.25, 0.3) is 11.0 Å². The van der Waals surface area contributed by atoms with Crippen molar-refractivity contribution in [3.05, 3.63) is 63.3 Å². The van der Waals surface area contributed by atoms with Crippen LogP contribution in [0.1, 0.15) is 68.8 Å². The molecule has 3 heterocycles. The Balaban J connectivity index is 1.67. The van der Waals surface area contributed by atoms with Gasteiger partial charge in [-0.15, -0.1) is 0 Å². The SMILES string of the molecule is Cc1cnccc1/C(=N\OC(C)(C)C)C1CCC(N(C)c2c(C#N)c(=O)n(C)c3ccc(C#N)nc23)CC1. The second-order valence-corrected chi connectivity index (χ2v) is 10.9. The van der Waals surface area contributed by atoms with Crippen LogP contribution >= 0.6 is 0 Å². The Kier molecular flexibility index (Phi) is 7.50. The molecule has 1 fully saturated rings. The molecule has 0 aromatic carbocycles. The Morgan fingerprint density at radius 3 is 2.47 bits per heavy atom. The third kappa shape index (κ3) is 5.24. The van der Waals surface area contributed by atoms with Crippen molar-refractivity contribution in [2.45, 2.75) is 65.0 Å². The van der Waals surface area contributed by atoms with Gasteiger partial charge in [0.15, 0.2) is 0 Å². The molecule has 0 bridgehead atoms. The van der Waals surface area contributed by atoms with E-state index in [9.17, 15) is 15.3 Å². The molecule has 0 unspecified atom stereocenters. The summed E-state index contributed by atoms with van der Waals surface area (Å²) in [6.07, 6.45) is 7.02. The minimum absolute atomic E-state index is 0.0421. The highest BCUT2D eigenvalue weighted by Crippen LogP contribution is 2.35. The van der Waals surface area contributed by atoms with Gasteiger partial charge >= 0.3 is 0 Å². The van der Waals surface area contributed by atoms with Crippen LogP contribution in [-0.4, -0.2) is 38.9 Å². The Morgan fingerprint density at radius 2 is 1.87 bits per heavy atom. The first-order valence-corrected chi connectivity index (χ1v) is 12.8. The third-order valence-corrected chi connectivity index (χ3v) is 7.14. The number of aryl methyl sites for hydroxylation is 2. The van der Waals surface area contributed by atoms with Crippen molar-refractivity contribution in [3.63, 3.8) is 0 Å². The Bertz CT molecular complexity index is 1530. The molecular weight excluding hydrogens is 478 g/mol. The van der Waals surface area contributed by atoms with Crippen molar-refractivity contribution in [3.8, 4) is 12.1 Å². The summed E-state index contributed by atoms with van der Waals surface area (Å²) in [6.45, 7) is 7.96. The lowest BCUT2D eigenvalue weighted by atomic mass is 9.80. The van der Waals surface area contributed by atoms with Gasteiger partial charge in [0, 0.05) is 44.0 Å². The first kappa shape index (κ1) is 26.8. The molecule has 9 nitrogen and oxygen atoms in total. The molecule has 0 atom stereocenters. The standard InChI is InChI=1S/C29H33N7O2/c1-18-17-32-14-13-22(18)25(34-38-29(2,3)4)19-7-10-21(11-8-19)35(5)27-23(16-31)28(37)36(6)24-12-9-20(15-30)33-26(24)27/h9,12-14,17,19,21H,7-8,10-11H2,1-6H3/b34-25-. The largest absolute Gasteiger partial charge is 0.390 e. The molecule has 196 valence electrons. The zero-order chi connectivity index (χ0) is 27.6. The number of hydrogen-bond donors (Lipinski definition) is 0. The van der Waals surface area contributed by atoms with E-state index in [0.29, 0.717) is 16.7 Å². The predicted octanol–water partition coefficient (Wildman–Crippen LogP) is 4.59. The van der Waals surface area contributed by atoms with Gasteiger partial charge in [-0.1, -0.05) is 5.16 Å². The van der Waals surface area contributed by atoms with E-state index < -0.39 is 5.60 Å². The maximum Gasteiger partial charge on any atom is 0.270 e. The number of hydrogen-bond acceptors (Lipinski definition) is 8. The fraction of sp³-hybridized carbons (Fsp3) is 0.448. The van der Waals surface area contributed by atoms with Crippen molar-refractivity contribution in [2.75, 3.05) is 11.9 Å². The lowest BCUT2D eigenvalue weighted by molar-refractivity contribution is -0.0000378. The summed E-state index contributed by atoms with van der Waals surface area (Å²) in [5.41, 5.74) is 4.08. The first-order chi connectivity index (χ1) is 18.1. The Hall–Kier alpha value is -4.24. The zero-order valence-corrected chi connectivity index (χ0v) is 22.8. The van der Waals surface area contributed by atoms with Gasteiger partial charge < -0.3 is 14.3 Å². The van der Waals surface area contributed by atoms with Crippen molar-refractivity contribution >= 4 is 22.4 Å². The van der Waals surface area contributed by atoms with Crippen LogP contribution in [0.5, 0.6) is 0 Å². The normalized spacial score (nSPS) is 18.1. The van der Waals surface area contributed by atoms with E-state index in [1.165, 1.54) is 4.57 Å². The second kappa shape index (κ2) is 10.6. The number of pyridine rings is 3. The molecule has 3 aromatic rings. The van der Waals surface area contributed by atoms with Crippen molar-refractivity contribution < 1.29 is 4.84 Å². The molecule has 0 aliphatic heterocycles. The number of aromatic nitrogens is 3. The minimum Gasteiger partial charge on any atom is -0.390 e. The lowest BCUT2D eigenvalue weighted by Crippen LogP contribution is -2.39. The van der Waals surface area contributed by atoms with Crippen LogP contribution in [-0.2, 0) is 11.9 Å². The van der Waals surface area contributed by atoms with Crippen molar-refractivity contribution in [1.29, 1.82) is 10.5 Å². The van der Waals surface area contributed by atoms with E-state index in [1.54, 1.807) is 25.4 Å². The minimum atomic E-state index is -0.410. The lowest BCUT2D eigenvalue weighted by Gasteiger charge is -2.37. The molecule has 1 saturated carbocycles. The Morgan fingerprint density at radius 1 is 1.16 bits per heavy atom. The van der Waals surface area contributed by atoms with E-state index in [0.717, 1.165) is 42.5 Å². The average molecular weight is 512 g/mol. The number of fused-ring (bicyclic) bond motifs is 1. The molecule has 3 aromatic heterocycles. The van der Waals surface area contributed by atoms with Crippen LogP contribution < -0.4 is 10.5 Å². The Labute approximate surface area is 223 Å². The van der Waals surface area contributed by atoms with Crippen molar-refractivity contribution in [2.24, 2.45) is 18.1 Å². The molecule has 0 saturated heterocycles. The molecule has 0 radical (unpaired) electrons. The highest BCUT2D eigenvalue weighted by Gasteiger charge is 2.32. The van der Waals surface area contributed by atoms with Gasteiger partial charge in [0.25, 0.3) is 5.56 Å². The highest BCUT2D eigenvalue weighted by molar-refractivity contribution is 6.03. The van der Waals surface area contributed by atoms with Gasteiger partial charge in [-0.25, -0.2) is 4.98 Å². The van der Waals surface area contributed by atoms with Gasteiger partial charge in [-0.3, -0.25) is 9.78 Å². The van der Waals surface area contributed by atoms with Crippen molar-refractivity contribution in [1.82, 2.24) is 14.5 Å². The van der Waals surface area contributed by atoms with Gasteiger partial charge in [0.05, 0.1) is 16.9 Å². The van der Waals surface area contributed by atoms with E-state index in [1.807, 2.05) is 51.9 Å². The number of oxime groups is 1. The maximum absolute atomic E-state index is 13.0. The summed E-state index contributed by atoms with van der Waals surface area (Å²) in [5, 5.41) is 24.0. The molecule has 4 rings (SSSR count). The van der Waals surface area contributed by atoms with E-state index in [4.69, 9.17) is 4.84 Å². The molecule has 38 heavy (non-hydrogen) atoms. The predicted molar refractivity (Wildman–Crippen MR) is 147 cm³/mol. The summed E-state index contributed by atoms with van der Waals surface area (Å²) in [6, 6.07) is 9.55. The number of nitrogens with zero attached hydrogens (tertiary/aromatic N) is 7. The maximum atomic E-state index is 13.0. The number of anilines is 1. The van der Waals surface area contributed by atoms with Gasteiger partial charge in [-0.2, -0.15) is 10.5 Å². The highest BCUT2D eigenvalue weighted by atomic mass is 16.6. The number of nitriles is 2. The second-order valence-electron chi connectivity index (χ2n) is 10.9. The van der Waals surface area contributed by atoms with Gasteiger partial charge in [-0.05, 0) is 77.1 Å². The monoisotopic (exact) mass is 511 g/mol. The fourth-order valence-electron chi connectivity index (χ4n) is 5.11. The van der Waals surface area contributed by atoms with Crippen LogP contribution in [0.4, 0.5) is 5.69 Å². The summed E-state index contributed by atoms with van der Waals surface area (Å²) < 4.78 is 1.42. The molecule has 9 heteroatoms. The van der Waals surface area contributed by atoms with E-state index in [-0.39, 0.29) is 28.8 Å². The van der Waals surface area contributed by atoms with Crippen LogP contribution in [0.15, 0.2) is 40.5 Å². The summed E-state index contributed by atoms with van der Waals surface area (Å²) in [4.78, 5) is 29.7. The van der Waals surface area contributed by atoms with Gasteiger partial charge in [0.2, 0.25) is 0 Å². The quantitative estimate of drug-likeness (QED) is 0.363. The summed E-state index contributed by atoms with van der Waals surface area (Å²) in [7, 11) is 3.53. The van der Waals surface area contributed by atoms with E-state index >= 15 is 0 Å². The molecule has 1 aliphatic rings. The number of rotatable bonds is 5. The molecule has 0 spiro atoms. The van der Waals surface area contributed by atoms with Gasteiger partial charge in [0.1, 0.15) is 34.5 Å². The molecule has 0 amide bonds. The third-order valence-electron chi connectivity index (χ3n) is 7.14. The van der Waals surface area contributed by atoms with E-state index in [2.05, 4.69) is 27.3 Å². The molecule has 0 N–H and O–H groups in total. The zero-order valence-electron chi connectivity index (χ0n) is 22.8. The smallest absolute Gasteiger partial charge is 0.270 e. The topological polar surface area (TPSA) is 120 Å². The summed E-state index contributed by atoms with van der Waals surface area (Å²) in [5.74, 6) is 0.197. The van der Waals surface area contributed by atoms with Crippen LogP contribution in [0.2, 0.25) is 0 Å². The van der Waals surface area contributed by atoms with Crippen LogP contribution in [0.3, 0.4) is 0 Å². The molecular formula is C29H33N7O2. The first-order valence-electron chi connectivity index (χ1n) is 12.8. The molecule has 1 aliphatic carbocycles. The fourth-order valence-corrected chi connectivity index (χ4v) is 5.11. The average Bonchev–Trinajstić information content (AvgIpc) is 2.90.